The molecular weight excluding hydrogens is 266 g/mol. The summed E-state index contributed by atoms with van der Waals surface area (Å²) in [6.45, 7) is 2.91. The minimum absolute atomic E-state index is 0.506. The van der Waals surface area contributed by atoms with Crippen molar-refractivity contribution >= 4 is 27.1 Å². The smallest absolute Gasteiger partial charge is 0.194 e. The van der Waals surface area contributed by atoms with E-state index in [0.29, 0.717) is 6.04 Å². The highest BCUT2D eigenvalue weighted by Crippen LogP contribution is 2.17. The van der Waals surface area contributed by atoms with E-state index in [0.717, 1.165) is 41.5 Å². The number of nitrogens with zero attached hydrogens (tertiary/aromatic N) is 2. The first-order valence-electron chi connectivity index (χ1n) is 6.23. The van der Waals surface area contributed by atoms with E-state index in [-0.39, 0.29) is 0 Å². The van der Waals surface area contributed by atoms with E-state index in [2.05, 4.69) is 33.2 Å². The molecule has 0 bridgehead atoms. The van der Waals surface area contributed by atoms with Gasteiger partial charge in [-0.3, -0.25) is 8.61 Å². The lowest BCUT2D eigenvalue weighted by atomic mass is 10.1. The summed E-state index contributed by atoms with van der Waals surface area (Å²) in [5.74, 6) is 1.69. The maximum Gasteiger partial charge on any atom is 0.194 e. The van der Waals surface area contributed by atoms with Crippen molar-refractivity contribution in [1.29, 1.82) is 0 Å². The van der Waals surface area contributed by atoms with Crippen LogP contribution in [-0.4, -0.2) is 31.1 Å². The van der Waals surface area contributed by atoms with Crippen LogP contribution in [0, 0.1) is 6.92 Å². The van der Waals surface area contributed by atoms with Crippen LogP contribution in [0.4, 0.5) is 0 Å². The minimum atomic E-state index is -0.577. The van der Waals surface area contributed by atoms with Crippen LogP contribution < -0.4 is 5.32 Å². The molecule has 0 saturated carbocycles. The monoisotopic (exact) mass is 283 g/mol. The Labute approximate surface area is 113 Å². The van der Waals surface area contributed by atoms with Crippen molar-refractivity contribution in [2.75, 3.05) is 11.5 Å². The molecule has 0 amide bonds. The van der Waals surface area contributed by atoms with Gasteiger partial charge in [-0.05, 0) is 19.8 Å². The highest BCUT2D eigenvalue weighted by Gasteiger charge is 2.18. The van der Waals surface area contributed by atoms with E-state index < -0.39 is 10.8 Å². The maximum atomic E-state index is 11.3. The van der Waals surface area contributed by atoms with Crippen molar-refractivity contribution < 1.29 is 4.21 Å². The van der Waals surface area contributed by atoms with Gasteiger partial charge in [-0.25, -0.2) is 4.98 Å². The van der Waals surface area contributed by atoms with Crippen molar-refractivity contribution in [1.82, 2.24) is 14.7 Å². The normalized spacial score (nSPS) is 24.7. The summed E-state index contributed by atoms with van der Waals surface area (Å²) in [5.41, 5.74) is 2.35. The molecule has 2 aromatic heterocycles. The lowest BCUT2D eigenvalue weighted by Crippen LogP contribution is -2.35. The van der Waals surface area contributed by atoms with Crippen molar-refractivity contribution in [3.63, 3.8) is 0 Å². The lowest BCUT2D eigenvalue weighted by molar-refractivity contribution is 0.470. The zero-order valence-electron chi connectivity index (χ0n) is 10.4. The number of hydrogen-bond donors (Lipinski definition) is 1. The van der Waals surface area contributed by atoms with Crippen LogP contribution in [0.3, 0.4) is 0 Å². The molecular formula is C12H17N3OS2. The summed E-state index contributed by atoms with van der Waals surface area (Å²) in [5, 5.41) is 5.64. The van der Waals surface area contributed by atoms with Gasteiger partial charge in [0.2, 0.25) is 0 Å². The Morgan fingerprint density at radius 3 is 3.11 bits per heavy atom. The third-order valence-electron chi connectivity index (χ3n) is 3.51. The van der Waals surface area contributed by atoms with Crippen LogP contribution in [0.25, 0.3) is 4.96 Å². The molecule has 1 fully saturated rings. The van der Waals surface area contributed by atoms with Crippen LogP contribution in [0.2, 0.25) is 0 Å². The van der Waals surface area contributed by atoms with E-state index in [1.54, 1.807) is 11.3 Å². The molecule has 18 heavy (non-hydrogen) atoms. The van der Waals surface area contributed by atoms with Crippen LogP contribution in [0.5, 0.6) is 0 Å². The van der Waals surface area contributed by atoms with Gasteiger partial charge in [0.25, 0.3) is 0 Å². The van der Waals surface area contributed by atoms with Crippen LogP contribution >= 0.6 is 11.3 Å². The molecule has 0 radical (unpaired) electrons. The van der Waals surface area contributed by atoms with Gasteiger partial charge in [0.1, 0.15) is 0 Å². The number of fused-ring (bicyclic) bond motifs is 1. The second kappa shape index (κ2) is 5.11. The summed E-state index contributed by atoms with van der Waals surface area (Å²) in [6.07, 6.45) is 4.13. The zero-order valence-corrected chi connectivity index (χ0v) is 12.0. The molecule has 1 aliphatic rings. The highest BCUT2D eigenvalue weighted by molar-refractivity contribution is 7.85. The Bertz CT molecular complexity index is 565. The Morgan fingerprint density at radius 1 is 1.56 bits per heavy atom. The van der Waals surface area contributed by atoms with Gasteiger partial charge in [0, 0.05) is 46.5 Å². The molecule has 3 rings (SSSR count). The van der Waals surface area contributed by atoms with E-state index >= 15 is 0 Å². The molecule has 0 aromatic carbocycles. The van der Waals surface area contributed by atoms with E-state index in [1.165, 1.54) is 5.69 Å². The van der Waals surface area contributed by atoms with Gasteiger partial charge in [0.05, 0.1) is 11.4 Å². The Kier molecular flexibility index (Phi) is 3.50. The standard InChI is InChI=1S/C12H17N3OS2/c1-9-11(15-4-5-17-12(15)14-9)8-13-10-2-6-18(16)7-3-10/h4-5,10,13H,2-3,6-8H2,1H3. The van der Waals surface area contributed by atoms with Gasteiger partial charge < -0.3 is 5.32 Å². The van der Waals surface area contributed by atoms with Crippen molar-refractivity contribution in [3.8, 4) is 0 Å². The SMILES string of the molecule is Cc1nc2sccn2c1CNC1CCS(=O)CC1. The van der Waals surface area contributed by atoms with E-state index in [4.69, 9.17) is 0 Å². The van der Waals surface area contributed by atoms with Crippen molar-refractivity contribution in [2.24, 2.45) is 0 Å². The summed E-state index contributed by atoms with van der Waals surface area (Å²) >= 11 is 1.67. The molecule has 1 saturated heterocycles. The quantitative estimate of drug-likeness (QED) is 0.933. The highest BCUT2D eigenvalue weighted by atomic mass is 32.2. The molecule has 6 heteroatoms. The van der Waals surface area contributed by atoms with Gasteiger partial charge in [-0.15, -0.1) is 11.3 Å². The predicted octanol–water partition coefficient (Wildman–Crippen LogP) is 1.70. The van der Waals surface area contributed by atoms with Gasteiger partial charge in [-0.2, -0.15) is 0 Å². The fourth-order valence-corrected chi connectivity index (χ4v) is 4.47. The van der Waals surface area contributed by atoms with Gasteiger partial charge >= 0.3 is 0 Å². The molecule has 0 unspecified atom stereocenters. The summed E-state index contributed by atoms with van der Waals surface area (Å²) in [6, 6.07) is 0.506. The number of aromatic nitrogens is 2. The molecule has 1 aliphatic heterocycles. The van der Waals surface area contributed by atoms with Crippen LogP contribution in [0.1, 0.15) is 24.2 Å². The van der Waals surface area contributed by atoms with Crippen LogP contribution in [-0.2, 0) is 17.3 Å². The number of thiazole rings is 1. The first-order chi connectivity index (χ1) is 8.74. The Hall–Kier alpha value is -0.720. The molecule has 2 aromatic rings. The summed E-state index contributed by atoms with van der Waals surface area (Å²) in [7, 11) is -0.577. The number of rotatable bonds is 3. The maximum absolute atomic E-state index is 11.3. The molecule has 0 spiro atoms. The minimum Gasteiger partial charge on any atom is -0.308 e. The first-order valence-corrected chi connectivity index (χ1v) is 8.60. The summed E-state index contributed by atoms with van der Waals surface area (Å²) < 4.78 is 13.5. The first kappa shape index (κ1) is 12.3. The average molecular weight is 283 g/mol. The fourth-order valence-electron chi connectivity index (χ4n) is 2.39. The Balaban J connectivity index is 1.67. The predicted molar refractivity (Wildman–Crippen MR) is 75.5 cm³/mol. The number of nitrogens with one attached hydrogen (secondary N) is 1. The molecule has 0 atom stereocenters. The zero-order chi connectivity index (χ0) is 12.5. The third-order valence-corrected chi connectivity index (χ3v) is 5.65. The topological polar surface area (TPSA) is 46.4 Å². The van der Waals surface area contributed by atoms with E-state index in [9.17, 15) is 4.21 Å². The second-order valence-corrected chi connectivity index (χ2v) is 7.27. The average Bonchev–Trinajstić information content (AvgIpc) is 2.90. The molecule has 1 N–H and O–H groups in total. The summed E-state index contributed by atoms with van der Waals surface area (Å²) in [4.78, 5) is 5.61. The molecule has 0 aliphatic carbocycles. The fraction of sp³-hybridized carbons (Fsp3) is 0.583. The molecule has 98 valence electrons. The van der Waals surface area contributed by atoms with E-state index in [1.807, 2.05) is 0 Å². The lowest BCUT2D eigenvalue weighted by Gasteiger charge is -2.22. The third kappa shape index (κ3) is 2.37. The van der Waals surface area contributed by atoms with Gasteiger partial charge in [-0.1, -0.05) is 0 Å². The van der Waals surface area contributed by atoms with Crippen molar-refractivity contribution in [3.05, 3.63) is 23.0 Å². The molecule has 4 nitrogen and oxygen atoms in total. The van der Waals surface area contributed by atoms with Gasteiger partial charge in [0.15, 0.2) is 4.96 Å². The largest absolute Gasteiger partial charge is 0.308 e. The number of hydrogen-bond acceptors (Lipinski definition) is 4. The number of imidazole rings is 1. The second-order valence-electron chi connectivity index (χ2n) is 4.70. The van der Waals surface area contributed by atoms with Crippen molar-refractivity contribution in [2.45, 2.75) is 32.4 Å². The Morgan fingerprint density at radius 2 is 2.33 bits per heavy atom. The molecule has 3 heterocycles. The van der Waals surface area contributed by atoms with Crippen LogP contribution in [0.15, 0.2) is 11.6 Å². The number of aryl methyl sites for hydroxylation is 1.